The second-order valence-corrected chi connectivity index (χ2v) is 6.42. The number of hydrogen-bond acceptors (Lipinski definition) is 5. The van der Waals surface area contributed by atoms with Crippen molar-refractivity contribution < 1.29 is 19.1 Å². The summed E-state index contributed by atoms with van der Waals surface area (Å²) in [4.78, 5) is 37.7. The summed E-state index contributed by atoms with van der Waals surface area (Å²) in [5.41, 5.74) is 8.53. The molecule has 27 heavy (non-hydrogen) atoms. The Bertz CT molecular complexity index is 881. The third-order valence-corrected chi connectivity index (χ3v) is 4.59. The van der Waals surface area contributed by atoms with Crippen molar-refractivity contribution in [2.24, 2.45) is 5.73 Å². The minimum atomic E-state index is -0.535. The number of carbonyl (C=O) groups excluding carboxylic acids is 3. The minimum Gasteiger partial charge on any atom is -0.465 e. The van der Waals surface area contributed by atoms with Crippen LogP contribution in [0.2, 0.25) is 0 Å². The lowest BCUT2D eigenvalue weighted by Crippen LogP contribution is -2.50. The molecule has 7 nitrogen and oxygen atoms in total. The van der Waals surface area contributed by atoms with Crippen LogP contribution in [0.5, 0.6) is 0 Å². The van der Waals surface area contributed by atoms with Gasteiger partial charge in [-0.15, -0.1) is 0 Å². The Labute approximate surface area is 157 Å². The molecule has 0 saturated carbocycles. The van der Waals surface area contributed by atoms with Crippen LogP contribution < -0.4 is 11.1 Å². The number of amides is 2. The number of benzene rings is 2. The Kier molecular flexibility index (Phi) is 5.52. The number of fused-ring (bicyclic) bond motifs is 1. The Morgan fingerprint density at radius 2 is 1.89 bits per heavy atom. The Balaban J connectivity index is 1.71. The van der Waals surface area contributed by atoms with Gasteiger partial charge in [-0.1, -0.05) is 30.3 Å². The molecule has 0 saturated heterocycles. The smallest absolute Gasteiger partial charge is 0.337 e. The van der Waals surface area contributed by atoms with Crippen LogP contribution in [0.1, 0.15) is 21.5 Å². The fourth-order valence-electron chi connectivity index (χ4n) is 3.25. The molecule has 0 aromatic heterocycles. The average molecular weight is 367 g/mol. The van der Waals surface area contributed by atoms with E-state index in [0.717, 1.165) is 11.1 Å². The lowest BCUT2D eigenvalue weighted by molar-refractivity contribution is -0.125. The molecule has 3 N–H and O–H groups in total. The van der Waals surface area contributed by atoms with Gasteiger partial charge in [-0.2, -0.15) is 0 Å². The van der Waals surface area contributed by atoms with Gasteiger partial charge in [0, 0.05) is 12.2 Å². The first-order valence-corrected chi connectivity index (χ1v) is 8.56. The molecular weight excluding hydrogens is 346 g/mol. The quantitative estimate of drug-likeness (QED) is 0.776. The predicted octanol–water partition coefficient (Wildman–Crippen LogP) is 1.32. The fraction of sp³-hybridized carbons (Fsp3) is 0.250. The third kappa shape index (κ3) is 4.32. The first-order valence-electron chi connectivity index (χ1n) is 8.56. The number of hydrogen-bond donors (Lipinski definition) is 2. The standard InChI is InChI=1S/C20H21N3O4/c1-27-20(26)14-7-4-8-16(9-14)22-18(24)12-23-11-15-6-3-2-5-13(15)10-17(23)19(21)25/h2-9,17H,10-12H2,1H3,(H2,21,25)(H,22,24). The summed E-state index contributed by atoms with van der Waals surface area (Å²) >= 11 is 0. The van der Waals surface area contributed by atoms with Crippen molar-refractivity contribution in [1.29, 1.82) is 0 Å². The van der Waals surface area contributed by atoms with Gasteiger partial charge in [0.1, 0.15) is 0 Å². The molecule has 2 amide bonds. The van der Waals surface area contributed by atoms with E-state index in [2.05, 4.69) is 10.1 Å². The second-order valence-electron chi connectivity index (χ2n) is 6.42. The highest BCUT2D eigenvalue weighted by molar-refractivity contribution is 5.95. The van der Waals surface area contributed by atoms with Crippen LogP contribution in [0.25, 0.3) is 0 Å². The Hall–Kier alpha value is -3.19. The maximum absolute atomic E-state index is 12.5. The van der Waals surface area contributed by atoms with Gasteiger partial charge < -0.3 is 15.8 Å². The maximum Gasteiger partial charge on any atom is 0.337 e. The van der Waals surface area contributed by atoms with Gasteiger partial charge in [-0.05, 0) is 35.7 Å². The molecule has 1 heterocycles. The number of rotatable bonds is 5. The summed E-state index contributed by atoms with van der Waals surface area (Å²) < 4.78 is 4.68. The summed E-state index contributed by atoms with van der Waals surface area (Å²) in [6.07, 6.45) is 0.483. The highest BCUT2D eigenvalue weighted by Crippen LogP contribution is 2.23. The predicted molar refractivity (Wildman–Crippen MR) is 99.9 cm³/mol. The summed E-state index contributed by atoms with van der Waals surface area (Å²) in [5, 5.41) is 2.75. The molecule has 3 rings (SSSR count). The van der Waals surface area contributed by atoms with Gasteiger partial charge in [0.25, 0.3) is 0 Å². The molecule has 0 bridgehead atoms. The zero-order chi connectivity index (χ0) is 19.4. The van der Waals surface area contributed by atoms with E-state index in [1.54, 1.807) is 29.2 Å². The van der Waals surface area contributed by atoms with Crippen molar-refractivity contribution in [2.75, 3.05) is 19.0 Å². The molecule has 1 aliphatic heterocycles. The van der Waals surface area contributed by atoms with Crippen LogP contribution in [0.3, 0.4) is 0 Å². The van der Waals surface area contributed by atoms with Crippen LogP contribution >= 0.6 is 0 Å². The van der Waals surface area contributed by atoms with E-state index >= 15 is 0 Å². The van der Waals surface area contributed by atoms with Crippen molar-refractivity contribution in [1.82, 2.24) is 4.90 Å². The van der Waals surface area contributed by atoms with Gasteiger partial charge in [0.05, 0.1) is 25.3 Å². The molecule has 0 fully saturated rings. The monoisotopic (exact) mass is 367 g/mol. The molecule has 1 unspecified atom stereocenters. The molecule has 1 aliphatic rings. The van der Waals surface area contributed by atoms with E-state index < -0.39 is 17.9 Å². The molecule has 0 spiro atoms. The number of esters is 1. The number of primary amides is 1. The number of ether oxygens (including phenoxy) is 1. The average Bonchev–Trinajstić information content (AvgIpc) is 2.66. The fourth-order valence-corrected chi connectivity index (χ4v) is 3.25. The van der Waals surface area contributed by atoms with Crippen LogP contribution in [-0.4, -0.2) is 42.4 Å². The van der Waals surface area contributed by atoms with E-state index in [-0.39, 0.29) is 12.5 Å². The molecule has 0 radical (unpaired) electrons. The third-order valence-electron chi connectivity index (χ3n) is 4.59. The summed E-state index contributed by atoms with van der Waals surface area (Å²) in [5.74, 6) is -1.22. The lowest BCUT2D eigenvalue weighted by atomic mass is 9.93. The molecule has 2 aromatic rings. The lowest BCUT2D eigenvalue weighted by Gasteiger charge is -2.34. The van der Waals surface area contributed by atoms with Gasteiger partial charge in [-0.3, -0.25) is 14.5 Å². The van der Waals surface area contributed by atoms with E-state index in [1.807, 2.05) is 24.3 Å². The van der Waals surface area contributed by atoms with Gasteiger partial charge in [0.15, 0.2) is 0 Å². The van der Waals surface area contributed by atoms with E-state index in [0.29, 0.717) is 24.2 Å². The highest BCUT2D eigenvalue weighted by atomic mass is 16.5. The minimum absolute atomic E-state index is 0.0182. The van der Waals surface area contributed by atoms with Crippen LogP contribution in [0, 0.1) is 0 Å². The van der Waals surface area contributed by atoms with Crippen LogP contribution in [-0.2, 0) is 27.3 Å². The van der Waals surface area contributed by atoms with Gasteiger partial charge in [-0.25, -0.2) is 4.79 Å². The zero-order valence-electron chi connectivity index (χ0n) is 15.0. The normalized spacial score (nSPS) is 16.3. The van der Waals surface area contributed by atoms with Crippen LogP contribution in [0.4, 0.5) is 5.69 Å². The number of nitrogens with one attached hydrogen (secondary N) is 1. The first-order chi connectivity index (χ1) is 13.0. The number of methoxy groups -OCH3 is 1. The summed E-state index contributed by atoms with van der Waals surface area (Å²) in [6, 6.07) is 13.8. The molecule has 140 valence electrons. The highest BCUT2D eigenvalue weighted by Gasteiger charge is 2.31. The van der Waals surface area contributed by atoms with Crippen molar-refractivity contribution in [2.45, 2.75) is 19.0 Å². The SMILES string of the molecule is COC(=O)c1cccc(NC(=O)CN2Cc3ccccc3CC2C(N)=O)c1. The van der Waals surface area contributed by atoms with Crippen molar-refractivity contribution in [3.63, 3.8) is 0 Å². The van der Waals surface area contributed by atoms with Gasteiger partial charge in [0.2, 0.25) is 11.8 Å². The Morgan fingerprint density at radius 3 is 2.59 bits per heavy atom. The topological polar surface area (TPSA) is 102 Å². The zero-order valence-corrected chi connectivity index (χ0v) is 15.0. The van der Waals surface area contributed by atoms with E-state index in [4.69, 9.17) is 5.73 Å². The number of anilines is 1. The molecule has 1 atom stereocenters. The first kappa shape index (κ1) is 18.6. The molecular formula is C20H21N3O4. The largest absolute Gasteiger partial charge is 0.465 e. The number of nitrogens with two attached hydrogens (primary N) is 1. The number of carbonyl (C=O) groups is 3. The van der Waals surface area contributed by atoms with Crippen molar-refractivity contribution >= 4 is 23.5 Å². The van der Waals surface area contributed by atoms with Crippen LogP contribution in [0.15, 0.2) is 48.5 Å². The van der Waals surface area contributed by atoms with E-state index in [1.165, 1.54) is 7.11 Å². The molecule has 2 aromatic carbocycles. The second kappa shape index (κ2) is 8.01. The summed E-state index contributed by atoms with van der Waals surface area (Å²) in [6.45, 7) is 0.490. The van der Waals surface area contributed by atoms with E-state index in [9.17, 15) is 14.4 Å². The number of nitrogens with zero attached hydrogens (tertiary/aromatic N) is 1. The van der Waals surface area contributed by atoms with Crippen molar-refractivity contribution in [3.05, 3.63) is 65.2 Å². The molecule has 0 aliphatic carbocycles. The van der Waals surface area contributed by atoms with Crippen molar-refractivity contribution in [3.8, 4) is 0 Å². The van der Waals surface area contributed by atoms with Gasteiger partial charge >= 0.3 is 5.97 Å². The maximum atomic E-state index is 12.5. The molecule has 7 heteroatoms. The summed E-state index contributed by atoms with van der Waals surface area (Å²) in [7, 11) is 1.30. The Morgan fingerprint density at radius 1 is 1.15 bits per heavy atom.